The zero-order valence-corrected chi connectivity index (χ0v) is 19.4. The SMILES string of the molecule is [Pt+2].[c-]1ccccc1N(c1[c-]c(-c2cccc(-c3ccccn3)n2)ccc1)c1ccccc1. The third-order valence-electron chi connectivity index (χ3n) is 4.92. The van der Waals surface area contributed by atoms with Crippen molar-refractivity contribution in [1.29, 1.82) is 0 Å². The zero-order valence-electron chi connectivity index (χ0n) is 17.1. The fourth-order valence-corrected chi connectivity index (χ4v) is 3.49. The molecule has 3 aromatic carbocycles. The van der Waals surface area contributed by atoms with E-state index in [-0.39, 0.29) is 21.1 Å². The number of benzene rings is 3. The Balaban J connectivity index is 0.00000245. The summed E-state index contributed by atoms with van der Waals surface area (Å²) in [5, 5.41) is 0. The minimum atomic E-state index is 0. The maximum atomic E-state index is 4.84. The molecule has 0 bridgehead atoms. The molecule has 0 spiro atoms. The summed E-state index contributed by atoms with van der Waals surface area (Å²) >= 11 is 0. The van der Waals surface area contributed by atoms with Crippen LogP contribution in [0.4, 0.5) is 17.1 Å². The number of hydrogen-bond donors (Lipinski definition) is 0. The van der Waals surface area contributed by atoms with Crippen LogP contribution in [0.1, 0.15) is 0 Å². The van der Waals surface area contributed by atoms with E-state index < -0.39 is 0 Å². The molecule has 0 fully saturated rings. The molecule has 0 radical (unpaired) electrons. The molecule has 5 rings (SSSR count). The summed E-state index contributed by atoms with van der Waals surface area (Å²) in [6.45, 7) is 0. The van der Waals surface area contributed by atoms with E-state index in [4.69, 9.17) is 4.98 Å². The van der Waals surface area contributed by atoms with Gasteiger partial charge in [0.05, 0.1) is 11.4 Å². The van der Waals surface area contributed by atoms with Gasteiger partial charge in [0.25, 0.3) is 0 Å². The summed E-state index contributed by atoms with van der Waals surface area (Å²) in [5.74, 6) is 0. The Kier molecular flexibility index (Phi) is 6.89. The fraction of sp³-hybridized carbons (Fsp3) is 0. The number of para-hydroxylation sites is 2. The van der Waals surface area contributed by atoms with Gasteiger partial charge in [-0.25, -0.2) is 0 Å². The molecule has 2 heterocycles. The van der Waals surface area contributed by atoms with E-state index in [1.807, 2.05) is 91.0 Å². The third-order valence-corrected chi connectivity index (χ3v) is 4.92. The number of anilines is 3. The van der Waals surface area contributed by atoms with Gasteiger partial charge in [-0.1, -0.05) is 42.1 Å². The van der Waals surface area contributed by atoms with Gasteiger partial charge in [0.2, 0.25) is 0 Å². The van der Waals surface area contributed by atoms with Gasteiger partial charge in [-0.15, -0.1) is 35.9 Å². The second kappa shape index (κ2) is 10.2. The van der Waals surface area contributed by atoms with Crippen molar-refractivity contribution in [2.45, 2.75) is 0 Å². The molecule has 0 atom stereocenters. The van der Waals surface area contributed by atoms with Gasteiger partial charge in [-0.2, -0.15) is 24.3 Å². The zero-order chi connectivity index (χ0) is 20.9. The van der Waals surface area contributed by atoms with Crippen LogP contribution in [-0.2, 0) is 21.1 Å². The fourth-order valence-electron chi connectivity index (χ4n) is 3.49. The molecule has 0 saturated heterocycles. The number of aromatic nitrogens is 2. The first-order chi connectivity index (χ1) is 15.4. The first kappa shape index (κ1) is 21.7. The predicted molar refractivity (Wildman–Crippen MR) is 125 cm³/mol. The molecule has 0 aliphatic heterocycles. The van der Waals surface area contributed by atoms with E-state index in [1.54, 1.807) is 6.20 Å². The Labute approximate surface area is 202 Å². The minimum Gasteiger partial charge on any atom is -0.352 e. The average Bonchev–Trinajstić information content (AvgIpc) is 2.86. The van der Waals surface area contributed by atoms with Crippen LogP contribution in [0.15, 0.2) is 115 Å². The molecular formula is C28H19N3Pt. The van der Waals surface area contributed by atoms with E-state index >= 15 is 0 Å². The largest absolute Gasteiger partial charge is 2.00 e. The molecule has 4 heteroatoms. The van der Waals surface area contributed by atoms with Crippen LogP contribution in [-0.4, -0.2) is 9.97 Å². The number of hydrogen-bond acceptors (Lipinski definition) is 3. The van der Waals surface area contributed by atoms with Crippen molar-refractivity contribution < 1.29 is 21.1 Å². The Hall–Kier alpha value is -3.55. The van der Waals surface area contributed by atoms with E-state index in [2.05, 4.69) is 40.2 Å². The van der Waals surface area contributed by atoms with Crippen molar-refractivity contribution >= 4 is 17.1 Å². The van der Waals surface area contributed by atoms with Crippen LogP contribution in [0, 0.1) is 12.1 Å². The minimum absolute atomic E-state index is 0. The molecule has 0 aliphatic rings. The summed E-state index contributed by atoms with van der Waals surface area (Å²) < 4.78 is 0. The first-order valence-corrected chi connectivity index (χ1v) is 10.1. The van der Waals surface area contributed by atoms with Gasteiger partial charge in [-0.05, 0) is 41.7 Å². The predicted octanol–water partition coefficient (Wildman–Crippen LogP) is 6.88. The summed E-state index contributed by atoms with van der Waals surface area (Å²) in [6, 6.07) is 43.1. The Morgan fingerprint density at radius 2 is 1.31 bits per heavy atom. The second-order valence-corrected chi connectivity index (χ2v) is 6.99. The summed E-state index contributed by atoms with van der Waals surface area (Å²) in [6.07, 6.45) is 1.78. The van der Waals surface area contributed by atoms with Gasteiger partial charge in [0.15, 0.2) is 0 Å². The van der Waals surface area contributed by atoms with Crippen molar-refractivity contribution in [2.24, 2.45) is 0 Å². The molecule has 32 heavy (non-hydrogen) atoms. The van der Waals surface area contributed by atoms with Gasteiger partial charge in [-0.3, -0.25) is 9.97 Å². The van der Waals surface area contributed by atoms with Crippen LogP contribution in [0.2, 0.25) is 0 Å². The standard InChI is InChI=1S/C28H19N3.Pt/c1-3-12-23(13-4-1)31(24-14-5-2-6-15-24)25-16-9-11-22(21-25)26-18-10-19-28(30-26)27-17-7-8-20-29-27;/h1-14,16-20H;/q-2;+2. The monoisotopic (exact) mass is 592 g/mol. The Bertz CT molecular complexity index is 1240. The van der Waals surface area contributed by atoms with Crippen LogP contribution >= 0.6 is 0 Å². The molecule has 0 amide bonds. The first-order valence-electron chi connectivity index (χ1n) is 10.1. The van der Waals surface area contributed by atoms with Crippen molar-refractivity contribution in [3.8, 4) is 22.6 Å². The molecule has 0 aliphatic carbocycles. The van der Waals surface area contributed by atoms with E-state index in [9.17, 15) is 0 Å². The Morgan fingerprint density at radius 1 is 0.594 bits per heavy atom. The third kappa shape index (κ3) is 4.69. The molecule has 3 nitrogen and oxygen atoms in total. The maximum Gasteiger partial charge on any atom is 2.00 e. The van der Waals surface area contributed by atoms with Gasteiger partial charge < -0.3 is 4.90 Å². The van der Waals surface area contributed by atoms with Gasteiger partial charge in [0.1, 0.15) is 0 Å². The van der Waals surface area contributed by atoms with Crippen LogP contribution in [0.3, 0.4) is 0 Å². The maximum absolute atomic E-state index is 4.84. The summed E-state index contributed by atoms with van der Waals surface area (Å²) in [5.41, 5.74) is 6.41. The van der Waals surface area contributed by atoms with Gasteiger partial charge in [0, 0.05) is 11.9 Å². The second-order valence-electron chi connectivity index (χ2n) is 6.99. The van der Waals surface area contributed by atoms with Crippen molar-refractivity contribution in [3.63, 3.8) is 0 Å². The van der Waals surface area contributed by atoms with Crippen LogP contribution in [0.5, 0.6) is 0 Å². The molecule has 2 aromatic heterocycles. The van der Waals surface area contributed by atoms with Crippen LogP contribution in [0.25, 0.3) is 22.6 Å². The summed E-state index contributed by atoms with van der Waals surface area (Å²) in [7, 11) is 0. The molecule has 0 saturated carbocycles. The summed E-state index contributed by atoms with van der Waals surface area (Å²) in [4.78, 5) is 11.4. The topological polar surface area (TPSA) is 29.0 Å². The van der Waals surface area contributed by atoms with E-state index in [0.29, 0.717) is 0 Å². The molecule has 0 N–H and O–H groups in total. The molecule has 156 valence electrons. The number of nitrogens with zero attached hydrogens (tertiary/aromatic N) is 3. The smallest absolute Gasteiger partial charge is 0.352 e. The van der Waals surface area contributed by atoms with E-state index in [1.165, 1.54) is 0 Å². The molecular weight excluding hydrogens is 573 g/mol. The van der Waals surface area contributed by atoms with Crippen molar-refractivity contribution in [2.75, 3.05) is 4.90 Å². The number of rotatable bonds is 5. The normalized spacial score (nSPS) is 10.2. The molecule has 5 aromatic rings. The molecule has 0 unspecified atom stereocenters. The number of pyridine rings is 2. The van der Waals surface area contributed by atoms with Crippen molar-refractivity contribution in [3.05, 3.63) is 128 Å². The van der Waals surface area contributed by atoms with Gasteiger partial charge >= 0.3 is 21.1 Å². The average molecular weight is 593 g/mol. The Morgan fingerprint density at radius 3 is 2.09 bits per heavy atom. The van der Waals surface area contributed by atoms with Crippen LogP contribution < -0.4 is 4.90 Å². The van der Waals surface area contributed by atoms with E-state index in [0.717, 1.165) is 39.7 Å². The quantitative estimate of drug-likeness (QED) is 0.209. The van der Waals surface area contributed by atoms with Crippen molar-refractivity contribution in [1.82, 2.24) is 9.97 Å².